The number of hydrogen-bond donors (Lipinski definition) is 1. The molecule has 0 spiro atoms. The summed E-state index contributed by atoms with van der Waals surface area (Å²) in [6.07, 6.45) is 3.77. The van der Waals surface area contributed by atoms with Gasteiger partial charge in [0.05, 0.1) is 19.8 Å². The third-order valence-corrected chi connectivity index (χ3v) is 3.63. The first-order valence-electron chi connectivity index (χ1n) is 7.20. The minimum atomic E-state index is 0.318. The molecule has 1 aliphatic carbocycles. The molecule has 1 N–H and O–H groups in total. The molecule has 0 radical (unpaired) electrons. The van der Waals surface area contributed by atoms with Crippen molar-refractivity contribution in [2.75, 3.05) is 20.3 Å². The Morgan fingerprint density at radius 1 is 1.32 bits per heavy atom. The lowest BCUT2D eigenvalue weighted by atomic mass is 9.88. The fraction of sp³-hybridized carbons (Fsp3) is 0.625. The normalized spacial score (nSPS) is 18.4. The van der Waals surface area contributed by atoms with Crippen LogP contribution in [0, 0.1) is 0 Å². The zero-order chi connectivity index (χ0) is 13.7. The van der Waals surface area contributed by atoms with Gasteiger partial charge in [-0.3, -0.25) is 0 Å². The van der Waals surface area contributed by atoms with E-state index in [0.29, 0.717) is 12.1 Å². The monoisotopic (exact) mass is 263 g/mol. The second kappa shape index (κ2) is 6.92. The maximum atomic E-state index is 5.56. The minimum absolute atomic E-state index is 0.318. The van der Waals surface area contributed by atoms with E-state index in [1.165, 1.54) is 17.5 Å². The quantitative estimate of drug-likeness (QED) is 0.800. The lowest BCUT2D eigenvalue weighted by molar-refractivity contribution is 0.0790. The maximum Gasteiger partial charge on any atom is 0.119 e. The summed E-state index contributed by atoms with van der Waals surface area (Å²) in [7, 11) is 1.73. The van der Waals surface area contributed by atoms with Gasteiger partial charge in [0.2, 0.25) is 0 Å². The largest absolute Gasteiger partial charge is 0.497 e. The molecule has 0 heterocycles. The number of fused-ring (bicyclic) bond motifs is 1. The van der Waals surface area contributed by atoms with E-state index in [4.69, 9.17) is 9.47 Å². The maximum absolute atomic E-state index is 5.56. The summed E-state index contributed by atoms with van der Waals surface area (Å²) >= 11 is 0. The summed E-state index contributed by atoms with van der Waals surface area (Å²) in [4.78, 5) is 0. The molecule has 1 aromatic carbocycles. The van der Waals surface area contributed by atoms with Gasteiger partial charge in [-0.15, -0.1) is 0 Å². The summed E-state index contributed by atoms with van der Waals surface area (Å²) in [6.45, 7) is 5.87. The van der Waals surface area contributed by atoms with Crippen molar-refractivity contribution in [2.24, 2.45) is 0 Å². The second-order valence-electron chi connectivity index (χ2n) is 5.45. The summed E-state index contributed by atoms with van der Waals surface area (Å²) in [5.41, 5.74) is 2.89. The summed E-state index contributed by atoms with van der Waals surface area (Å²) in [6, 6.07) is 7.00. The van der Waals surface area contributed by atoms with Gasteiger partial charge in [-0.25, -0.2) is 0 Å². The predicted molar refractivity (Wildman–Crippen MR) is 77.9 cm³/mol. The molecule has 0 amide bonds. The fourth-order valence-corrected chi connectivity index (χ4v) is 2.59. The zero-order valence-corrected chi connectivity index (χ0v) is 12.2. The van der Waals surface area contributed by atoms with Crippen LogP contribution in [0.2, 0.25) is 0 Å². The van der Waals surface area contributed by atoms with E-state index < -0.39 is 0 Å². The van der Waals surface area contributed by atoms with Crippen LogP contribution in [-0.4, -0.2) is 32.4 Å². The molecule has 3 nitrogen and oxygen atoms in total. The summed E-state index contributed by atoms with van der Waals surface area (Å²) in [5, 5.41) is 3.59. The molecule has 1 atom stereocenters. The Morgan fingerprint density at radius 2 is 2.16 bits per heavy atom. The van der Waals surface area contributed by atoms with Crippen LogP contribution in [0.25, 0.3) is 0 Å². The van der Waals surface area contributed by atoms with Crippen LogP contribution in [0.15, 0.2) is 18.2 Å². The van der Waals surface area contributed by atoms with Gasteiger partial charge in [-0.2, -0.15) is 0 Å². The Bertz CT molecular complexity index is 404. The van der Waals surface area contributed by atoms with Gasteiger partial charge in [-0.05, 0) is 56.4 Å². The molecule has 0 saturated heterocycles. The Hall–Kier alpha value is -1.06. The zero-order valence-electron chi connectivity index (χ0n) is 12.2. The minimum Gasteiger partial charge on any atom is -0.497 e. The topological polar surface area (TPSA) is 30.5 Å². The van der Waals surface area contributed by atoms with Gasteiger partial charge >= 0.3 is 0 Å². The van der Waals surface area contributed by atoms with Crippen LogP contribution in [0.4, 0.5) is 0 Å². The standard InChI is InChI=1S/C16H25NO2/c1-12(2)19-9-8-17-15-6-4-13-5-7-16(18-3)11-14(13)10-15/h5,7,11-12,15,17H,4,6,8-10H2,1-3H3. The molecule has 0 aliphatic heterocycles. The van der Waals surface area contributed by atoms with Crippen LogP contribution < -0.4 is 10.1 Å². The molecule has 0 fully saturated rings. The SMILES string of the molecule is COc1ccc2c(c1)CC(NCCOC(C)C)CC2. The number of aryl methyl sites for hydroxylation is 1. The highest BCUT2D eigenvalue weighted by molar-refractivity contribution is 5.37. The van der Waals surface area contributed by atoms with Crippen molar-refractivity contribution in [3.63, 3.8) is 0 Å². The molecule has 1 aliphatic rings. The second-order valence-corrected chi connectivity index (χ2v) is 5.45. The molecule has 1 aromatic rings. The molecular formula is C16H25NO2. The molecule has 2 rings (SSSR count). The van der Waals surface area contributed by atoms with Crippen molar-refractivity contribution in [3.05, 3.63) is 29.3 Å². The van der Waals surface area contributed by atoms with E-state index in [0.717, 1.165) is 31.7 Å². The van der Waals surface area contributed by atoms with E-state index in [2.05, 4.69) is 37.4 Å². The smallest absolute Gasteiger partial charge is 0.119 e. The summed E-state index contributed by atoms with van der Waals surface area (Å²) in [5.74, 6) is 0.961. The van der Waals surface area contributed by atoms with Gasteiger partial charge in [0.1, 0.15) is 5.75 Å². The Labute approximate surface area is 116 Å². The average molecular weight is 263 g/mol. The summed E-state index contributed by atoms with van der Waals surface area (Å²) < 4.78 is 10.9. The molecule has 1 unspecified atom stereocenters. The first-order chi connectivity index (χ1) is 9.19. The van der Waals surface area contributed by atoms with Crippen LogP contribution in [0.5, 0.6) is 5.75 Å². The van der Waals surface area contributed by atoms with Gasteiger partial charge in [0, 0.05) is 12.6 Å². The molecular weight excluding hydrogens is 238 g/mol. The van der Waals surface area contributed by atoms with Crippen LogP contribution >= 0.6 is 0 Å². The van der Waals surface area contributed by atoms with Crippen LogP contribution in [0.1, 0.15) is 31.4 Å². The highest BCUT2D eigenvalue weighted by Crippen LogP contribution is 2.25. The first-order valence-corrected chi connectivity index (χ1v) is 7.20. The Kier molecular flexibility index (Phi) is 5.23. The Balaban J connectivity index is 1.83. The van der Waals surface area contributed by atoms with E-state index in [1.807, 2.05) is 0 Å². The van der Waals surface area contributed by atoms with Crippen LogP contribution in [-0.2, 0) is 17.6 Å². The van der Waals surface area contributed by atoms with E-state index in [-0.39, 0.29) is 0 Å². The van der Waals surface area contributed by atoms with E-state index in [9.17, 15) is 0 Å². The van der Waals surface area contributed by atoms with Crippen molar-refractivity contribution in [2.45, 2.75) is 45.3 Å². The van der Waals surface area contributed by atoms with Gasteiger partial charge < -0.3 is 14.8 Å². The highest BCUT2D eigenvalue weighted by Gasteiger charge is 2.18. The first kappa shape index (κ1) is 14.4. The number of rotatable bonds is 6. The number of nitrogens with one attached hydrogen (secondary N) is 1. The van der Waals surface area contributed by atoms with Crippen molar-refractivity contribution >= 4 is 0 Å². The predicted octanol–water partition coefficient (Wildman–Crippen LogP) is 2.57. The third-order valence-electron chi connectivity index (χ3n) is 3.63. The fourth-order valence-electron chi connectivity index (χ4n) is 2.59. The molecule has 0 saturated carbocycles. The molecule has 0 aromatic heterocycles. The number of ether oxygens (including phenoxy) is 2. The molecule has 106 valence electrons. The Morgan fingerprint density at radius 3 is 2.89 bits per heavy atom. The van der Waals surface area contributed by atoms with Crippen molar-refractivity contribution in [1.29, 1.82) is 0 Å². The molecule has 3 heteroatoms. The molecule has 0 bridgehead atoms. The lowest BCUT2D eigenvalue weighted by Gasteiger charge is -2.26. The van der Waals surface area contributed by atoms with Gasteiger partial charge in [-0.1, -0.05) is 6.07 Å². The average Bonchev–Trinajstić information content (AvgIpc) is 2.42. The lowest BCUT2D eigenvalue weighted by Crippen LogP contribution is -2.36. The number of methoxy groups -OCH3 is 1. The van der Waals surface area contributed by atoms with Crippen molar-refractivity contribution < 1.29 is 9.47 Å². The van der Waals surface area contributed by atoms with Gasteiger partial charge in [0.25, 0.3) is 0 Å². The van der Waals surface area contributed by atoms with Crippen LogP contribution in [0.3, 0.4) is 0 Å². The van der Waals surface area contributed by atoms with Crippen molar-refractivity contribution in [1.82, 2.24) is 5.32 Å². The van der Waals surface area contributed by atoms with Crippen molar-refractivity contribution in [3.8, 4) is 5.75 Å². The third kappa shape index (κ3) is 4.22. The number of hydrogen-bond acceptors (Lipinski definition) is 3. The molecule has 19 heavy (non-hydrogen) atoms. The van der Waals surface area contributed by atoms with E-state index in [1.54, 1.807) is 7.11 Å². The van der Waals surface area contributed by atoms with E-state index >= 15 is 0 Å². The number of benzene rings is 1. The van der Waals surface area contributed by atoms with Gasteiger partial charge in [0.15, 0.2) is 0 Å². The highest BCUT2D eigenvalue weighted by atomic mass is 16.5.